The van der Waals surface area contributed by atoms with Crippen molar-refractivity contribution in [2.24, 2.45) is 0 Å². The first-order chi connectivity index (χ1) is 13.0. The highest BCUT2D eigenvalue weighted by molar-refractivity contribution is 6.30. The van der Waals surface area contributed by atoms with Gasteiger partial charge in [0.15, 0.2) is 0 Å². The van der Waals surface area contributed by atoms with Crippen LogP contribution in [0.3, 0.4) is 0 Å². The fourth-order valence-corrected chi connectivity index (χ4v) is 2.86. The molecule has 5 nitrogen and oxygen atoms in total. The summed E-state index contributed by atoms with van der Waals surface area (Å²) in [6, 6.07) is 16.7. The van der Waals surface area contributed by atoms with Crippen LogP contribution in [0.2, 0.25) is 5.02 Å². The van der Waals surface area contributed by atoms with Crippen molar-refractivity contribution in [1.82, 2.24) is 15.1 Å². The van der Waals surface area contributed by atoms with Crippen LogP contribution in [0.25, 0.3) is 16.9 Å². The van der Waals surface area contributed by atoms with E-state index in [4.69, 9.17) is 16.3 Å². The minimum Gasteiger partial charge on any atom is -0.497 e. The highest BCUT2D eigenvalue weighted by Crippen LogP contribution is 2.26. The molecular weight excluding hydrogens is 362 g/mol. The lowest BCUT2D eigenvalue weighted by Crippen LogP contribution is -2.33. The molecule has 0 aliphatic heterocycles. The summed E-state index contributed by atoms with van der Waals surface area (Å²) in [6.45, 7) is 4.00. The van der Waals surface area contributed by atoms with Crippen molar-refractivity contribution in [3.05, 3.63) is 65.3 Å². The van der Waals surface area contributed by atoms with E-state index in [0.29, 0.717) is 16.4 Å². The number of carbonyl (C=O) groups is 1. The van der Waals surface area contributed by atoms with Gasteiger partial charge in [-0.2, -0.15) is 5.10 Å². The second kappa shape index (κ2) is 8.27. The number of halogens is 1. The average Bonchev–Trinajstić information content (AvgIpc) is 3.13. The summed E-state index contributed by atoms with van der Waals surface area (Å²) in [7, 11) is 1.62. The van der Waals surface area contributed by atoms with Crippen LogP contribution in [-0.2, 0) is 0 Å². The van der Waals surface area contributed by atoms with E-state index in [1.807, 2.05) is 50.2 Å². The van der Waals surface area contributed by atoms with Crippen LogP contribution < -0.4 is 10.1 Å². The van der Waals surface area contributed by atoms with Gasteiger partial charge in [-0.1, -0.05) is 36.7 Å². The van der Waals surface area contributed by atoms with Crippen molar-refractivity contribution >= 4 is 17.5 Å². The maximum absolute atomic E-state index is 12.8. The molecule has 3 rings (SSSR count). The summed E-state index contributed by atoms with van der Waals surface area (Å²) in [5, 5.41) is 8.25. The largest absolute Gasteiger partial charge is 0.497 e. The zero-order valence-electron chi connectivity index (χ0n) is 15.6. The molecule has 1 atom stereocenters. The lowest BCUT2D eigenvalue weighted by molar-refractivity contribution is 0.0931. The van der Waals surface area contributed by atoms with E-state index < -0.39 is 0 Å². The first-order valence-corrected chi connectivity index (χ1v) is 9.21. The van der Waals surface area contributed by atoms with Gasteiger partial charge in [0.05, 0.1) is 18.5 Å². The van der Waals surface area contributed by atoms with Crippen LogP contribution >= 0.6 is 11.6 Å². The molecule has 0 aliphatic carbocycles. The monoisotopic (exact) mass is 383 g/mol. The maximum Gasteiger partial charge on any atom is 0.270 e. The van der Waals surface area contributed by atoms with Crippen LogP contribution in [0, 0.1) is 0 Å². The Morgan fingerprint density at radius 3 is 2.70 bits per heavy atom. The van der Waals surface area contributed by atoms with Crippen LogP contribution in [0.4, 0.5) is 0 Å². The Hall–Kier alpha value is -2.79. The molecule has 0 fully saturated rings. The Morgan fingerprint density at radius 1 is 1.22 bits per heavy atom. The first-order valence-electron chi connectivity index (χ1n) is 8.83. The van der Waals surface area contributed by atoms with E-state index in [2.05, 4.69) is 10.4 Å². The van der Waals surface area contributed by atoms with Gasteiger partial charge >= 0.3 is 0 Å². The molecule has 1 N–H and O–H groups in total. The Morgan fingerprint density at radius 2 is 2.00 bits per heavy atom. The Bertz CT molecular complexity index is 952. The molecule has 0 spiro atoms. The third-order valence-corrected chi connectivity index (χ3v) is 4.59. The van der Waals surface area contributed by atoms with Crippen LogP contribution in [0.1, 0.15) is 30.8 Å². The van der Waals surface area contributed by atoms with E-state index in [-0.39, 0.29) is 11.9 Å². The second-order valence-corrected chi connectivity index (χ2v) is 6.76. The zero-order valence-corrected chi connectivity index (χ0v) is 16.3. The van der Waals surface area contributed by atoms with Gasteiger partial charge in [0.1, 0.15) is 11.4 Å². The number of benzene rings is 2. The van der Waals surface area contributed by atoms with E-state index in [1.165, 1.54) is 0 Å². The summed E-state index contributed by atoms with van der Waals surface area (Å²) in [6.07, 6.45) is 0.847. The number of hydrogen-bond acceptors (Lipinski definition) is 3. The quantitative estimate of drug-likeness (QED) is 0.669. The van der Waals surface area contributed by atoms with E-state index in [1.54, 1.807) is 30.0 Å². The second-order valence-electron chi connectivity index (χ2n) is 6.32. The molecule has 6 heteroatoms. The van der Waals surface area contributed by atoms with Crippen molar-refractivity contribution in [2.75, 3.05) is 7.11 Å². The molecule has 140 valence electrons. The van der Waals surface area contributed by atoms with Crippen LogP contribution in [-0.4, -0.2) is 28.8 Å². The SMILES string of the molecule is CCC(C)NC(=O)c1cc(-c2cccc(OC)c2)nn1-c1cccc(Cl)c1. The molecule has 1 aromatic heterocycles. The predicted octanol–water partition coefficient (Wildman–Crippen LogP) is 4.73. The predicted molar refractivity (Wildman–Crippen MR) is 108 cm³/mol. The normalized spacial score (nSPS) is 11.9. The minimum absolute atomic E-state index is 0.0699. The topological polar surface area (TPSA) is 56.1 Å². The smallest absolute Gasteiger partial charge is 0.270 e. The summed E-state index contributed by atoms with van der Waals surface area (Å²) in [4.78, 5) is 12.8. The molecule has 0 saturated heterocycles. The van der Waals surface area contributed by atoms with Gasteiger partial charge in [-0.05, 0) is 49.7 Å². The third-order valence-electron chi connectivity index (χ3n) is 4.35. The van der Waals surface area contributed by atoms with E-state index >= 15 is 0 Å². The summed E-state index contributed by atoms with van der Waals surface area (Å²) >= 11 is 6.14. The number of aromatic nitrogens is 2. The Kier molecular flexibility index (Phi) is 5.81. The molecule has 1 unspecified atom stereocenters. The molecular formula is C21H22ClN3O2. The number of carbonyl (C=O) groups excluding carboxylic acids is 1. The molecule has 1 heterocycles. The molecule has 0 bridgehead atoms. The van der Waals surface area contributed by atoms with Crippen LogP contribution in [0.15, 0.2) is 54.6 Å². The van der Waals surface area contributed by atoms with Gasteiger partial charge in [0, 0.05) is 16.6 Å². The molecule has 0 radical (unpaired) electrons. The van der Waals surface area contributed by atoms with Gasteiger partial charge in [-0.3, -0.25) is 4.79 Å². The van der Waals surface area contributed by atoms with Crippen LogP contribution in [0.5, 0.6) is 5.75 Å². The van der Waals surface area contributed by atoms with E-state index in [9.17, 15) is 4.79 Å². The lowest BCUT2D eigenvalue weighted by Gasteiger charge is -2.12. The molecule has 3 aromatic rings. The summed E-state index contributed by atoms with van der Waals surface area (Å²) < 4.78 is 6.92. The van der Waals surface area contributed by atoms with Crippen molar-refractivity contribution in [3.63, 3.8) is 0 Å². The molecule has 0 aliphatic rings. The highest BCUT2D eigenvalue weighted by Gasteiger charge is 2.19. The lowest BCUT2D eigenvalue weighted by atomic mass is 10.1. The number of nitrogens with one attached hydrogen (secondary N) is 1. The number of nitrogens with zero attached hydrogens (tertiary/aromatic N) is 2. The average molecular weight is 384 g/mol. The number of hydrogen-bond donors (Lipinski definition) is 1. The summed E-state index contributed by atoms with van der Waals surface area (Å²) in [5.74, 6) is 0.557. The van der Waals surface area contributed by atoms with Gasteiger partial charge < -0.3 is 10.1 Å². The number of ether oxygens (including phenoxy) is 1. The molecule has 2 aromatic carbocycles. The maximum atomic E-state index is 12.8. The number of amides is 1. The number of rotatable bonds is 6. The summed E-state index contributed by atoms with van der Waals surface area (Å²) in [5.41, 5.74) is 2.73. The van der Waals surface area contributed by atoms with E-state index in [0.717, 1.165) is 23.4 Å². The fourth-order valence-electron chi connectivity index (χ4n) is 2.67. The Labute approximate surface area is 163 Å². The van der Waals surface area contributed by atoms with Gasteiger partial charge in [-0.15, -0.1) is 0 Å². The third kappa shape index (κ3) is 4.31. The van der Waals surface area contributed by atoms with Crippen molar-refractivity contribution in [2.45, 2.75) is 26.3 Å². The standard InChI is InChI=1S/C21H22ClN3O2/c1-4-14(2)23-21(26)20-13-19(15-7-5-10-18(11-15)27-3)24-25(20)17-9-6-8-16(22)12-17/h5-14H,4H2,1-3H3,(H,23,26). The Balaban J connectivity index is 2.09. The van der Waals surface area contributed by atoms with Gasteiger partial charge in [-0.25, -0.2) is 4.68 Å². The van der Waals surface area contributed by atoms with Gasteiger partial charge in [0.25, 0.3) is 5.91 Å². The first kappa shape index (κ1) is 19.0. The molecule has 1 amide bonds. The fraction of sp³-hybridized carbons (Fsp3) is 0.238. The minimum atomic E-state index is -0.175. The molecule has 27 heavy (non-hydrogen) atoms. The zero-order chi connectivity index (χ0) is 19.4. The van der Waals surface area contributed by atoms with Gasteiger partial charge in [0.2, 0.25) is 0 Å². The van der Waals surface area contributed by atoms with Crippen molar-refractivity contribution < 1.29 is 9.53 Å². The van der Waals surface area contributed by atoms with Crippen molar-refractivity contribution in [1.29, 1.82) is 0 Å². The highest BCUT2D eigenvalue weighted by atomic mass is 35.5. The molecule has 0 saturated carbocycles. The van der Waals surface area contributed by atoms with Crippen molar-refractivity contribution in [3.8, 4) is 22.7 Å². The number of methoxy groups -OCH3 is 1.